The normalized spacial score (nSPS) is 14.3. The molecule has 0 radical (unpaired) electrons. The predicted octanol–water partition coefficient (Wildman–Crippen LogP) is 5.96. The number of benzene rings is 2. The fraction of sp³-hybridized carbons (Fsp3) is 0.304. The lowest BCUT2D eigenvalue weighted by molar-refractivity contribution is -0.266. The highest BCUT2D eigenvalue weighted by Gasteiger charge is 2.56. The molecule has 3 nitrogen and oxygen atoms in total. The lowest BCUT2D eigenvalue weighted by Crippen LogP contribution is -2.50. The average Bonchev–Trinajstić information content (AvgIpc) is 2.67. The van der Waals surface area contributed by atoms with Gasteiger partial charge in [-0.25, -0.2) is 0 Å². The molecule has 0 bridgehead atoms. The van der Waals surface area contributed by atoms with Gasteiger partial charge < -0.3 is 5.11 Å². The van der Waals surface area contributed by atoms with E-state index in [0.29, 0.717) is 11.1 Å². The Bertz CT molecular complexity index is 1120. The minimum absolute atomic E-state index is 0.0175. The Hall–Kier alpha value is -2.62. The Balaban J connectivity index is 2.03. The summed E-state index contributed by atoms with van der Waals surface area (Å²) in [6.45, 7) is 3.34. The summed E-state index contributed by atoms with van der Waals surface area (Å²) in [5.41, 5.74) is -2.32. The van der Waals surface area contributed by atoms with Gasteiger partial charge in [0, 0.05) is 23.0 Å². The van der Waals surface area contributed by atoms with Gasteiger partial charge in [0.1, 0.15) is 0 Å². The quantitative estimate of drug-likeness (QED) is 0.540. The van der Waals surface area contributed by atoms with E-state index in [-0.39, 0.29) is 16.1 Å². The van der Waals surface area contributed by atoms with Crippen LogP contribution >= 0.6 is 11.6 Å². The maximum absolute atomic E-state index is 14.1. The van der Waals surface area contributed by atoms with Crippen molar-refractivity contribution in [3.63, 3.8) is 0 Å². The van der Waals surface area contributed by atoms with E-state index in [4.69, 9.17) is 16.9 Å². The number of aromatic nitrogens is 1. The van der Waals surface area contributed by atoms with Crippen LogP contribution in [0, 0.1) is 11.3 Å². The van der Waals surface area contributed by atoms with Crippen molar-refractivity contribution in [2.45, 2.75) is 43.9 Å². The van der Waals surface area contributed by atoms with Gasteiger partial charge in [-0.2, -0.15) is 18.4 Å². The van der Waals surface area contributed by atoms with Gasteiger partial charge in [-0.1, -0.05) is 49.7 Å². The van der Waals surface area contributed by atoms with E-state index in [1.54, 1.807) is 38.2 Å². The van der Waals surface area contributed by atoms with Crippen LogP contribution in [0.3, 0.4) is 0 Å². The second-order valence-corrected chi connectivity index (χ2v) is 8.47. The third kappa shape index (κ3) is 4.28. The number of nitriles is 1. The summed E-state index contributed by atoms with van der Waals surface area (Å²) in [6, 6.07) is 14.8. The van der Waals surface area contributed by atoms with Gasteiger partial charge in [-0.15, -0.1) is 0 Å². The first kappa shape index (κ1) is 22.1. The number of rotatable bonds is 5. The zero-order valence-corrected chi connectivity index (χ0v) is 17.2. The van der Waals surface area contributed by atoms with Crippen molar-refractivity contribution in [3.05, 3.63) is 76.4 Å². The highest BCUT2D eigenvalue weighted by atomic mass is 35.5. The molecule has 0 aliphatic rings. The first-order valence-electron chi connectivity index (χ1n) is 9.29. The second kappa shape index (κ2) is 7.90. The molecule has 3 aromatic rings. The molecule has 0 saturated carbocycles. The minimum atomic E-state index is -4.88. The predicted molar refractivity (Wildman–Crippen MR) is 110 cm³/mol. The van der Waals surface area contributed by atoms with Crippen molar-refractivity contribution in [1.82, 2.24) is 4.98 Å². The number of halogens is 4. The van der Waals surface area contributed by atoms with Crippen molar-refractivity contribution in [2.75, 3.05) is 0 Å². The van der Waals surface area contributed by atoms with E-state index in [2.05, 4.69) is 4.98 Å². The summed E-state index contributed by atoms with van der Waals surface area (Å²) in [6.07, 6.45) is -4.62. The van der Waals surface area contributed by atoms with Gasteiger partial charge in [0.15, 0.2) is 5.60 Å². The number of para-hydroxylation sites is 1. The molecule has 2 aromatic carbocycles. The molecule has 1 atom stereocenters. The summed E-state index contributed by atoms with van der Waals surface area (Å²) in [5.74, 6) is 0. The maximum atomic E-state index is 14.1. The van der Waals surface area contributed by atoms with Gasteiger partial charge in [0.05, 0.1) is 17.1 Å². The van der Waals surface area contributed by atoms with Crippen LogP contribution in [0.15, 0.2) is 54.7 Å². The van der Waals surface area contributed by atoms with Crippen LogP contribution in [0.2, 0.25) is 5.02 Å². The van der Waals surface area contributed by atoms with Crippen LogP contribution < -0.4 is 0 Å². The molecular weight excluding hydrogens is 413 g/mol. The monoisotopic (exact) mass is 432 g/mol. The Morgan fingerprint density at radius 3 is 2.43 bits per heavy atom. The zero-order valence-electron chi connectivity index (χ0n) is 16.5. The van der Waals surface area contributed by atoms with E-state index in [1.807, 2.05) is 18.2 Å². The fourth-order valence-corrected chi connectivity index (χ4v) is 4.10. The first-order chi connectivity index (χ1) is 14.0. The van der Waals surface area contributed by atoms with Crippen molar-refractivity contribution >= 4 is 22.5 Å². The third-order valence-electron chi connectivity index (χ3n) is 5.31. The molecule has 7 heteroatoms. The Labute approximate surface area is 177 Å². The topological polar surface area (TPSA) is 56.9 Å². The lowest BCUT2D eigenvalue weighted by Gasteiger charge is -2.38. The van der Waals surface area contributed by atoms with Crippen molar-refractivity contribution < 1.29 is 18.3 Å². The summed E-state index contributed by atoms with van der Waals surface area (Å²) in [4.78, 5) is 4.27. The summed E-state index contributed by atoms with van der Waals surface area (Å²) in [5, 5.41) is 20.6. The second-order valence-electron chi connectivity index (χ2n) is 8.06. The van der Waals surface area contributed by atoms with E-state index in [0.717, 1.165) is 5.39 Å². The molecular formula is C23H20ClF3N2O. The first-order valence-corrected chi connectivity index (χ1v) is 9.66. The Morgan fingerprint density at radius 2 is 1.80 bits per heavy atom. The highest BCUT2D eigenvalue weighted by molar-refractivity contribution is 6.31. The average molecular weight is 433 g/mol. The van der Waals surface area contributed by atoms with Crippen molar-refractivity contribution in [2.24, 2.45) is 0 Å². The molecule has 1 N–H and O–H groups in total. The van der Waals surface area contributed by atoms with Gasteiger partial charge in [0.2, 0.25) is 0 Å². The van der Waals surface area contributed by atoms with Crippen molar-refractivity contribution in [3.8, 4) is 6.07 Å². The molecule has 3 rings (SSSR count). The van der Waals surface area contributed by atoms with Crippen molar-refractivity contribution in [1.29, 1.82) is 5.26 Å². The fourth-order valence-electron chi connectivity index (χ4n) is 3.85. The molecule has 0 fully saturated rings. The van der Waals surface area contributed by atoms with Crippen LogP contribution in [0.25, 0.3) is 10.9 Å². The number of nitrogens with zero attached hydrogens (tertiary/aromatic N) is 2. The molecule has 0 aliphatic heterocycles. The number of fused-ring (bicyclic) bond motifs is 1. The number of hydrogen-bond acceptors (Lipinski definition) is 3. The summed E-state index contributed by atoms with van der Waals surface area (Å²) in [7, 11) is 0. The number of pyridine rings is 1. The van der Waals surface area contributed by atoms with Crippen LogP contribution in [0.4, 0.5) is 13.2 Å². The zero-order chi connectivity index (χ0) is 22.2. The molecule has 1 aromatic heterocycles. The molecule has 30 heavy (non-hydrogen) atoms. The van der Waals surface area contributed by atoms with E-state index in [9.17, 15) is 18.3 Å². The summed E-state index contributed by atoms with van der Waals surface area (Å²) < 4.78 is 42.2. The van der Waals surface area contributed by atoms with E-state index < -0.39 is 30.0 Å². The molecule has 1 unspecified atom stereocenters. The Morgan fingerprint density at radius 1 is 1.10 bits per heavy atom. The molecule has 0 saturated heterocycles. The number of alkyl halides is 3. The van der Waals surface area contributed by atoms with E-state index >= 15 is 0 Å². The number of hydrogen-bond donors (Lipinski definition) is 1. The molecule has 156 valence electrons. The molecule has 0 aliphatic carbocycles. The minimum Gasteiger partial charge on any atom is -0.380 e. The lowest BCUT2D eigenvalue weighted by atomic mass is 9.72. The van der Waals surface area contributed by atoms with Crippen LogP contribution in [-0.4, -0.2) is 21.9 Å². The third-order valence-corrected chi connectivity index (χ3v) is 5.66. The van der Waals surface area contributed by atoms with Gasteiger partial charge in [0.25, 0.3) is 0 Å². The Kier molecular flexibility index (Phi) is 5.81. The number of aliphatic hydroxyl groups is 1. The molecule has 0 amide bonds. The molecule has 0 spiro atoms. The van der Waals surface area contributed by atoms with Gasteiger partial charge in [-0.05, 0) is 47.2 Å². The van der Waals surface area contributed by atoms with Crippen LogP contribution in [0.1, 0.15) is 37.0 Å². The van der Waals surface area contributed by atoms with Crippen LogP contribution in [-0.2, 0) is 11.8 Å². The van der Waals surface area contributed by atoms with E-state index in [1.165, 1.54) is 18.2 Å². The smallest absolute Gasteiger partial charge is 0.380 e. The summed E-state index contributed by atoms with van der Waals surface area (Å²) >= 11 is 6.09. The molecule has 1 heterocycles. The SMILES string of the molecule is CC(C)(CC(O)(Cc1ccc(C#N)cc1Cl)C(F)(F)F)c1ccnc2ccccc12. The van der Waals surface area contributed by atoms with Gasteiger partial charge >= 0.3 is 6.18 Å². The standard InChI is InChI=1S/C23H20ClF3N2O/c1-21(2,18-9-10-29-20-6-4-3-5-17(18)20)14-22(30,23(25,26)27)12-16-8-7-15(13-28)11-19(16)24/h3-11,30H,12,14H2,1-2H3. The largest absolute Gasteiger partial charge is 0.417 e. The van der Waals surface area contributed by atoms with Crippen LogP contribution in [0.5, 0.6) is 0 Å². The maximum Gasteiger partial charge on any atom is 0.417 e. The van der Waals surface area contributed by atoms with Gasteiger partial charge in [-0.3, -0.25) is 4.98 Å². The highest BCUT2D eigenvalue weighted by Crippen LogP contribution is 2.44.